The molecule has 1 heterocycles. The van der Waals surface area contributed by atoms with Gasteiger partial charge >= 0.3 is 12.0 Å². The minimum atomic E-state index is -4.19. The van der Waals surface area contributed by atoms with E-state index in [1.807, 2.05) is 30.9 Å². The van der Waals surface area contributed by atoms with Crippen LogP contribution >= 0.6 is 34.8 Å². The SMILES string of the molecule is CCOc1cc(Cl)c(S(=O)(=O)NC(C)(C)C)cc1/C(=N/C(C)(C)c1ccc(Cl)cc1)N(Cc1ccc(Cl)cc1)C(=O)N1CCN(C)[C@H](C(=O)OC)C1. The summed E-state index contributed by atoms with van der Waals surface area (Å²) in [7, 11) is -1.08. The number of esters is 1. The average Bonchev–Trinajstić information content (AvgIpc) is 3.06. The highest BCUT2D eigenvalue weighted by Gasteiger charge is 2.38. The zero-order valence-electron chi connectivity index (χ0n) is 30.7. The molecule has 282 valence electrons. The Bertz CT molecular complexity index is 1900. The topological polar surface area (TPSA) is 121 Å². The highest BCUT2D eigenvalue weighted by Crippen LogP contribution is 2.35. The number of benzene rings is 3. The molecule has 0 spiro atoms. The number of hydrogen-bond acceptors (Lipinski definition) is 8. The van der Waals surface area contributed by atoms with E-state index in [0.29, 0.717) is 28.7 Å². The van der Waals surface area contributed by atoms with E-state index in [2.05, 4.69) is 4.72 Å². The average molecular weight is 795 g/mol. The van der Waals surface area contributed by atoms with Crippen LogP contribution in [0, 0.1) is 0 Å². The van der Waals surface area contributed by atoms with Gasteiger partial charge in [-0.2, -0.15) is 0 Å². The molecular formula is C37H46Cl3N5O6S. The lowest BCUT2D eigenvalue weighted by Gasteiger charge is -2.40. The van der Waals surface area contributed by atoms with Gasteiger partial charge in [-0.3, -0.25) is 19.6 Å². The second-order valence-electron chi connectivity index (χ2n) is 14.0. The van der Waals surface area contributed by atoms with Crippen molar-refractivity contribution in [1.29, 1.82) is 0 Å². The summed E-state index contributed by atoms with van der Waals surface area (Å²) in [5.41, 5.74) is -0.136. The second kappa shape index (κ2) is 16.7. The first kappa shape index (κ1) is 41.4. The first-order valence-electron chi connectivity index (χ1n) is 16.7. The molecule has 1 N–H and O–H groups in total. The zero-order valence-corrected chi connectivity index (χ0v) is 33.8. The lowest BCUT2D eigenvalue weighted by atomic mass is 9.94. The molecule has 3 aromatic rings. The van der Waals surface area contributed by atoms with Gasteiger partial charge in [0.05, 0.1) is 36.4 Å². The third-order valence-corrected chi connectivity index (χ3v) is 11.1. The molecule has 0 unspecified atom stereocenters. The number of halogens is 3. The Morgan fingerprint density at radius 3 is 2.12 bits per heavy atom. The third kappa shape index (κ3) is 10.2. The Morgan fingerprint density at radius 1 is 0.962 bits per heavy atom. The van der Waals surface area contributed by atoms with Crippen molar-refractivity contribution in [3.8, 4) is 5.75 Å². The number of amides is 2. The number of carbonyl (C=O) groups is 2. The molecule has 4 rings (SSSR count). The number of urea groups is 1. The summed E-state index contributed by atoms with van der Waals surface area (Å²) in [6.45, 7) is 11.6. The third-order valence-electron chi connectivity index (χ3n) is 8.37. The number of methoxy groups -OCH3 is 1. The molecule has 0 saturated carbocycles. The molecule has 0 aromatic heterocycles. The van der Waals surface area contributed by atoms with E-state index >= 15 is 0 Å². The summed E-state index contributed by atoms with van der Waals surface area (Å²) < 4.78 is 41.5. The van der Waals surface area contributed by atoms with Gasteiger partial charge in [-0.15, -0.1) is 0 Å². The van der Waals surface area contributed by atoms with Crippen molar-refractivity contribution in [2.75, 3.05) is 40.4 Å². The van der Waals surface area contributed by atoms with Crippen LogP contribution in [0.5, 0.6) is 5.75 Å². The van der Waals surface area contributed by atoms with Gasteiger partial charge in [-0.25, -0.2) is 17.9 Å². The Morgan fingerprint density at radius 2 is 1.56 bits per heavy atom. The molecule has 1 aliphatic rings. The van der Waals surface area contributed by atoms with E-state index in [4.69, 9.17) is 49.3 Å². The van der Waals surface area contributed by atoms with Crippen molar-refractivity contribution in [2.24, 2.45) is 4.99 Å². The van der Waals surface area contributed by atoms with E-state index in [-0.39, 0.29) is 46.8 Å². The van der Waals surface area contributed by atoms with Gasteiger partial charge in [0.15, 0.2) is 0 Å². The molecule has 1 fully saturated rings. The summed E-state index contributed by atoms with van der Waals surface area (Å²) >= 11 is 19.2. The molecule has 0 aliphatic carbocycles. The predicted molar refractivity (Wildman–Crippen MR) is 206 cm³/mol. The number of carbonyl (C=O) groups excluding carboxylic acids is 2. The van der Waals surface area contributed by atoms with Crippen LogP contribution in [0.3, 0.4) is 0 Å². The summed E-state index contributed by atoms with van der Waals surface area (Å²) in [6.07, 6.45) is 0. The van der Waals surface area contributed by atoms with Gasteiger partial charge in [-0.1, -0.05) is 59.1 Å². The number of rotatable bonds is 10. The van der Waals surface area contributed by atoms with Gasteiger partial charge in [0.1, 0.15) is 22.5 Å². The molecule has 2 amide bonds. The van der Waals surface area contributed by atoms with Crippen molar-refractivity contribution in [2.45, 2.75) is 70.1 Å². The summed E-state index contributed by atoms with van der Waals surface area (Å²) in [4.78, 5) is 37.7. The highest BCUT2D eigenvalue weighted by molar-refractivity contribution is 7.89. The molecular weight excluding hydrogens is 749 g/mol. The fraction of sp³-hybridized carbons (Fsp3) is 0.432. The van der Waals surface area contributed by atoms with Gasteiger partial charge in [0, 0.05) is 41.3 Å². The number of nitrogens with one attached hydrogen (secondary N) is 1. The Labute approximate surface area is 321 Å². The van der Waals surface area contributed by atoms with Crippen molar-refractivity contribution >= 4 is 62.7 Å². The maximum atomic E-state index is 15.0. The van der Waals surface area contributed by atoms with Crippen molar-refractivity contribution in [1.82, 2.24) is 19.4 Å². The highest BCUT2D eigenvalue weighted by atomic mass is 35.5. The minimum Gasteiger partial charge on any atom is -0.493 e. The number of sulfonamides is 1. The van der Waals surface area contributed by atoms with Crippen LogP contribution < -0.4 is 9.46 Å². The van der Waals surface area contributed by atoms with E-state index in [9.17, 15) is 18.0 Å². The largest absolute Gasteiger partial charge is 0.493 e. The predicted octanol–water partition coefficient (Wildman–Crippen LogP) is 7.22. The standard InChI is InChI=1S/C37H46Cl3N5O6S/c1-9-51-31-21-29(40)32(52(48,49)42-36(2,3)4)20-28(31)33(41-37(5,6)25-12-16-27(39)17-13-25)45(22-24-10-14-26(38)15-11-24)35(47)44-19-18-43(7)30(23-44)34(46)50-8/h10-17,20-21,30,42H,9,18-19,22-23H2,1-8H3/b41-33-/t30-/m0/s1. The van der Waals surface area contributed by atoms with Gasteiger partial charge in [0.2, 0.25) is 10.0 Å². The first-order chi connectivity index (χ1) is 24.3. The van der Waals surface area contributed by atoms with Crippen LogP contribution in [0.15, 0.2) is 70.6 Å². The lowest BCUT2D eigenvalue weighted by molar-refractivity contribution is -0.148. The quantitative estimate of drug-likeness (QED) is 0.131. The maximum absolute atomic E-state index is 15.0. The molecule has 3 aromatic carbocycles. The molecule has 52 heavy (non-hydrogen) atoms. The van der Waals surface area contributed by atoms with Crippen molar-refractivity contribution < 1.29 is 27.5 Å². The number of piperazine rings is 1. The smallest absolute Gasteiger partial charge is 0.326 e. The molecule has 11 nitrogen and oxygen atoms in total. The van der Waals surface area contributed by atoms with Crippen molar-refractivity contribution in [3.63, 3.8) is 0 Å². The minimum absolute atomic E-state index is 0.00270. The summed E-state index contributed by atoms with van der Waals surface area (Å²) in [6, 6.07) is 15.8. The summed E-state index contributed by atoms with van der Waals surface area (Å²) in [5.74, 6) is -0.145. The van der Waals surface area contributed by atoms with Crippen LogP contribution in [-0.4, -0.2) is 92.9 Å². The van der Waals surface area contributed by atoms with Crippen LogP contribution in [0.2, 0.25) is 15.1 Å². The van der Waals surface area contributed by atoms with Crippen LogP contribution in [0.1, 0.15) is 58.2 Å². The lowest BCUT2D eigenvalue weighted by Crippen LogP contribution is -2.59. The monoisotopic (exact) mass is 793 g/mol. The van der Waals surface area contributed by atoms with Crippen LogP contribution in [-0.2, 0) is 31.6 Å². The number of ether oxygens (including phenoxy) is 2. The van der Waals surface area contributed by atoms with E-state index in [1.54, 1.807) is 76.0 Å². The Kier molecular flexibility index (Phi) is 13.3. The normalized spacial score (nSPS) is 16.1. The molecule has 1 atom stereocenters. The number of hydrogen-bond donors (Lipinski definition) is 1. The number of likely N-dealkylation sites (N-methyl/N-ethyl adjacent to an activating group) is 1. The van der Waals surface area contributed by atoms with E-state index < -0.39 is 39.1 Å². The number of amidine groups is 1. The molecule has 1 saturated heterocycles. The fourth-order valence-electron chi connectivity index (χ4n) is 5.72. The van der Waals surface area contributed by atoms with E-state index in [1.165, 1.54) is 24.1 Å². The molecule has 1 aliphatic heterocycles. The van der Waals surface area contributed by atoms with Crippen molar-refractivity contribution in [3.05, 3.63) is 92.4 Å². The van der Waals surface area contributed by atoms with Gasteiger partial charge < -0.3 is 14.4 Å². The fourth-order valence-corrected chi connectivity index (χ4v) is 7.93. The first-order valence-corrected chi connectivity index (χ1v) is 19.3. The maximum Gasteiger partial charge on any atom is 0.326 e. The van der Waals surface area contributed by atoms with Crippen LogP contribution in [0.25, 0.3) is 0 Å². The molecule has 0 bridgehead atoms. The van der Waals surface area contributed by atoms with Gasteiger partial charge in [-0.05, 0) is 90.0 Å². The zero-order chi connectivity index (χ0) is 38.6. The molecule has 0 radical (unpaired) electrons. The Balaban J connectivity index is 2.05. The van der Waals surface area contributed by atoms with Gasteiger partial charge in [0.25, 0.3) is 0 Å². The summed E-state index contributed by atoms with van der Waals surface area (Å²) in [5, 5.41) is 0.976. The Hall–Kier alpha value is -3.39. The number of aliphatic imine (C=N–C) groups is 1. The number of nitrogens with zero attached hydrogens (tertiary/aromatic N) is 4. The van der Waals surface area contributed by atoms with E-state index in [0.717, 1.165) is 5.56 Å². The second-order valence-corrected chi connectivity index (χ2v) is 17.0. The van der Waals surface area contributed by atoms with Crippen LogP contribution in [0.4, 0.5) is 4.79 Å². The molecule has 15 heteroatoms.